The van der Waals surface area contributed by atoms with Gasteiger partial charge in [0.1, 0.15) is 0 Å². The predicted octanol–water partition coefficient (Wildman–Crippen LogP) is 3.04. The summed E-state index contributed by atoms with van der Waals surface area (Å²) in [6, 6.07) is 11.1. The molecular weight excluding hydrogens is 282 g/mol. The quantitative estimate of drug-likeness (QED) is 0.886. The zero-order valence-corrected chi connectivity index (χ0v) is 12.9. The summed E-state index contributed by atoms with van der Waals surface area (Å²) in [6.45, 7) is 1.80. The lowest BCUT2D eigenvalue weighted by Gasteiger charge is -2.10. The van der Waals surface area contributed by atoms with E-state index in [9.17, 15) is 8.42 Å². The third-order valence-electron chi connectivity index (χ3n) is 4.07. The molecule has 0 aromatic heterocycles. The van der Waals surface area contributed by atoms with E-state index in [1.165, 1.54) is 17.5 Å². The first-order valence-corrected chi connectivity index (χ1v) is 8.80. The normalized spacial score (nSPS) is 14.1. The lowest BCUT2D eigenvalue weighted by Crippen LogP contribution is -2.08. The van der Waals surface area contributed by atoms with Crippen LogP contribution in [0.1, 0.15) is 28.7 Å². The molecule has 3 rings (SSSR count). The lowest BCUT2D eigenvalue weighted by atomic mass is 10.1. The summed E-state index contributed by atoms with van der Waals surface area (Å²) in [5.74, 6) is 0.0323. The molecule has 0 spiro atoms. The molecule has 0 radical (unpaired) electrons. The van der Waals surface area contributed by atoms with E-state index < -0.39 is 9.84 Å². The average molecular weight is 301 g/mol. The van der Waals surface area contributed by atoms with Crippen LogP contribution in [-0.2, 0) is 28.4 Å². The molecule has 2 aromatic rings. The summed E-state index contributed by atoms with van der Waals surface area (Å²) in [7, 11) is -3.36. The molecule has 0 fully saturated rings. The van der Waals surface area contributed by atoms with Crippen molar-refractivity contribution in [1.82, 2.24) is 0 Å². The molecule has 2 aromatic carbocycles. The van der Waals surface area contributed by atoms with Crippen molar-refractivity contribution in [2.45, 2.75) is 36.8 Å². The Kier molecular flexibility index (Phi) is 3.49. The molecule has 3 nitrogen and oxygen atoms in total. The van der Waals surface area contributed by atoms with Crippen LogP contribution in [0.4, 0.5) is 5.69 Å². The van der Waals surface area contributed by atoms with E-state index in [2.05, 4.69) is 6.07 Å². The number of aryl methyl sites for hydroxylation is 3. The summed E-state index contributed by atoms with van der Waals surface area (Å²) in [5.41, 5.74) is 10.5. The zero-order chi connectivity index (χ0) is 15.0. The van der Waals surface area contributed by atoms with Gasteiger partial charge in [0.15, 0.2) is 9.84 Å². The minimum Gasteiger partial charge on any atom is -0.399 e. The minimum atomic E-state index is -3.36. The SMILES string of the molecule is Cc1ccc(N)cc1S(=O)(=O)Cc1ccc2c(c1)CCC2. The Bertz CT molecular complexity index is 794. The van der Waals surface area contributed by atoms with Crippen molar-refractivity contribution in [3.8, 4) is 0 Å². The Hall–Kier alpha value is -1.81. The third kappa shape index (κ3) is 2.81. The van der Waals surface area contributed by atoms with Crippen LogP contribution in [0.15, 0.2) is 41.3 Å². The highest BCUT2D eigenvalue weighted by atomic mass is 32.2. The number of nitrogen functional groups attached to an aromatic ring is 1. The van der Waals surface area contributed by atoms with Gasteiger partial charge in [0.05, 0.1) is 10.6 Å². The van der Waals surface area contributed by atoms with Crippen molar-refractivity contribution in [2.24, 2.45) is 0 Å². The van der Waals surface area contributed by atoms with Crippen LogP contribution >= 0.6 is 0 Å². The van der Waals surface area contributed by atoms with E-state index in [0.29, 0.717) is 10.6 Å². The van der Waals surface area contributed by atoms with Gasteiger partial charge >= 0.3 is 0 Å². The van der Waals surface area contributed by atoms with Crippen LogP contribution in [0.3, 0.4) is 0 Å². The zero-order valence-electron chi connectivity index (χ0n) is 12.1. The molecule has 1 aliphatic carbocycles. The molecular formula is C17H19NO2S. The van der Waals surface area contributed by atoms with E-state index in [-0.39, 0.29) is 5.75 Å². The highest BCUT2D eigenvalue weighted by Crippen LogP contribution is 2.26. The van der Waals surface area contributed by atoms with Crippen LogP contribution < -0.4 is 5.73 Å². The van der Waals surface area contributed by atoms with E-state index in [0.717, 1.165) is 24.0 Å². The van der Waals surface area contributed by atoms with E-state index in [4.69, 9.17) is 5.73 Å². The average Bonchev–Trinajstić information content (AvgIpc) is 2.88. The van der Waals surface area contributed by atoms with Gasteiger partial charge in [-0.15, -0.1) is 0 Å². The van der Waals surface area contributed by atoms with E-state index in [1.807, 2.05) is 12.1 Å². The molecule has 0 heterocycles. The fourth-order valence-electron chi connectivity index (χ4n) is 2.96. The summed E-state index contributed by atoms with van der Waals surface area (Å²) in [4.78, 5) is 0.336. The molecule has 0 saturated carbocycles. The van der Waals surface area contributed by atoms with Gasteiger partial charge in [-0.3, -0.25) is 0 Å². The molecule has 1 aliphatic rings. The van der Waals surface area contributed by atoms with Gasteiger partial charge in [-0.2, -0.15) is 0 Å². The fourth-order valence-corrected chi connectivity index (χ4v) is 4.61. The number of benzene rings is 2. The Balaban J connectivity index is 1.94. The summed E-state index contributed by atoms with van der Waals surface area (Å²) in [5, 5.41) is 0. The first kappa shape index (κ1) is 14.1. The summed E-state index contributed by atoms with van der Waals surface area (Å²) < 4.78 is 25.2. The molecule has 0 unspecified atom stereocenters. The van der Waals surface area contributed by atoms with E-state index >= 15 is 0 Å². The van der Waals surface area contributed by atoms with Gasteiger partial charge in [0.25, 0.3) is 0 Å². The molecule has 0 bridgehead atoms. The second kappa shape index (κ2) is 5.19. The molecule has 0 aliphatic heterocycles. The number of sulfone groups is 1. The number of anilines is 1. The second-order valence-electron chi connectivity index (χ2n) is 5.74. The van der Waals surface area contributed by atoms with Crippen molar-refractivity contribution in [1.29, 1.82) is 0 Å². The highest BCUT2D eigenvalue weighted by Gasteiger charge is 2.19. The van der Waals surface area contributed by atoms with E-state index in [1.54, 1.807) is 25.1 Å². The second-order valence-corrected chi connectivity index (χ2v) is 7.70. The van der Waals surface area contributed by atoms with Crippen molar-refractivity contribution in [2.75, 3.05) is 5.73 Å². The minimum absolute atomic E-state index is 0.0323. The first-order valence-electron chi connectivity index (χ1n) is 7.15. The first-order chi connectivity index (χ1) is 9.95. The van der Waals surface area contributed by atoms with Crippen LogP contribution in [0.25, 0.3) is 0 Å². The van der Waals surface area contributed by atoms with Crippen molar-refractivity contribution < 1.29 is 8.42 Å². The van der Waals surface area contributed by atoms with Gasteiger partial charge < -0.3 is 5.73 Å². The van der Waals surface area contributed by atoms with Gasteiger partial charge in [-0.05, 0) is 60.6 Å². The Morgan fingerprint density at radius 2 is 1.81 bits per heavy atom. The summed E-state index contributed by atoms with van der Waals surface area (Å²) in [6.07, 6.45) is 3.33. The van der Waals surface area contributed by atoms with Crippen LogP contribution in [0.5, 0.6) is 0 Å². The maximum atomic E-state index is 12.6. The predicted molar refractivity (Wildman–Crippen MR) is 84.9 cm³/mol. The van der Waals surface area contributed by atoms with Crippen molar-refractivity contribution in [3.05, 3.63) is 58.7 Å². The number of hydrogen-bond donors (Lipinski definition) is 1. The summed E-state index contributed by atoms with van der Waals surface area (Å²) >= 11 is 0. The molecule has 4 heteroatoms. The molecule has 110 valence electrons. The number of rotatable bonds is 3. The fraction of sp³-hybridized carbons (Fsp3) is 0.294. The van der Waals surface area contributed by atoms with Crippen molar-refractivity contribution >= 4 is 15.5 Å². The third-order valence-corrected chi connectivity index (χ3v) is 5.89. The van der Waals surface area contributed by atoms with Crippen LogP contribution in [-0.4, -0.2) is 8.42 Å². The van der Waals surface area contributed by atoms with Gasteiger partial charge in [-0.1, -0.05) is 24.3 Å². The van der Waals surface area contributed by atoms with Crippen molar-refractivity contribution in [3.63, 3.8) is 0 Å². The Morgan fingerprint density at radius 1 is 1.05 bits per heavy atom. The lowest BCUT2D eigenvalue weighted by molar-refractivity contribution is 0.594. The molecule has 0 atom stereocenters. The van der Waals surface area contributed by atoms with Crippen LogP contribution in [0.2, 0.25) is 0 Å². The van der Waals surface area contributed by atoms with Crippen LogP contribution in [0, 0.1) is 6.92 Å². The maximum Gasteiger partial charge on any atom is 0.182 e. The van der Waals surface area contributed by atoms with Gasteiger partial charge in [0.2, 0.25) is 0 Å². The smallest absolute Gasteiger partial charge is 0.182 e. The number of hydrogen-bond acceptors (Lipinski definition) is 3. The maximum absolute atomic E-state index is 12.6. The highest BCUT2D eigenvalue weighted by molar-refractivity contribution is 7.90. The Labute approximate surface area is 125 Å². The molecule has 2 N–H and O–H groups in total. The van der Waals surface area contributed by atoms with Gasteiger partial charge in [-0.25, -0.2) is 8.42 Å². The largest absolute Gasteiger partial charge is 0.399 e. The molecule has 21 heavy (non-hydrogen) atoms. The molecule has 0 amide bonds. The number of nitrogens with two attached hydrogens (primary N) is 1. The topological polar surface area (TPSA) is 60.2 Å². The van der Waals surface area contributed by atoms with Gasteiger partial charge in [0, 0.05) is 5.69 Å². The Morgan fingerprint density at radius 3 is 2.62 bits per heavy atom. The monoisotopic (exact) mass is 301 g/mol. The molecule has 0 saturated heterocycles. The number of fused-ring (bicyclic) bond motifs is 1. The standard InChI is InChI=1S/C17H19NO2S/c1-12-5-8-16(18)10-17(12)21(19,20)11-13-6-7-14-3-2-4-15(14)9-13/h5-10H,2-4,11,18H2,1H3.